The van der Waals surface area contributed by atoms with E-state index in [0.717, 1.165) is 18.5 Å². The monoisotopic (exact) mass is 369 g/mol. The van der Waals surface area contributed by atoms with Gasteiger partial charge in [-0.3, -0.25) is 10.1 Å². The van der Waals surface area contributed by atoms with Crippen LogP contribution in [0.2, 0.25) is 0 Å². The van der Waals surface area contributed by atoms with Crippen molar-refractivity contribution in [1.29, 1.82) is 0 Å². The Morgan fingerprint density at radius 1 is 1.07 bits per heavy atom. The van der Waals surface area contributed by atoms with Gasteiger partial charge in [0, 0.05) is 11.8 Å². The molecule has 4 aromatic rings. The number of nitro groups is 1. The number of fused-ring (bicyclic) bond motifs is 1. The van der Waals surface area contributed by atoms with Crippen molar-refractivity contribution >= 4 is 28.2 Å². The molecule has 9 nitrogen and oxygen atoms in total. The van der Waals surface area contributed by atoms with E-state index < -0.39 is 22.2 Å². The minimum Gasteiger partial charge on any atom is -0.334 e. The van der Waals surface area contributed by atoms with Crippen molar-refractivity contribution in [2.24, 2.45) is 0 Å². The van der Waals surface area contributed by atoms with Crippen molar-refractivity contribution in [2.45, 2.75) is 0 Å². The zero-order chi connectivity index (χ0) is 19.0. The van der Waals surface area contributed by atoms with Crippen LogP contribution in [0.4, 0.5) is 26.0 Å². The number of aromatic nitrogens is 5. The molecule has 4 rings (SSSR count). The standard InChI is InChI=1S/C16H9F2N7O2/c17-10-6-5-9(7-11(10)18)21-15-14(25(26)27)16(20-8-19-15)24-13-4-2-1-3-12(13)22-23-24/h1-8H,(H,19,20,21). The highest BCUT2D eigenvalue weighted by molar-refractivity contribution is 5.78. The topological polar surface area (TPSA) is 112 Å². The maximum absolute atomic E-state index is 13.4. The highest BCUT2D eigenvalue weighted by Crippen LogP contribution is 2.31. The van der Waals surface area contributed by atoms with E-state index in [9.17, 15) is 18.9 Å². The lowest BCUT2D eigenvalue weighted by molar-refractivity contribution is -0.384. The molecule has 0 saturated carbocycles. The van der Waals surface area contributed by atoms with Gasteiger partial charge in [0.25, 0.3) is 0 Å². The van der Waals surface area contributed by atoms with Gasteiger partial charge in [0.15, 0.2) is 11.6 Å². The smallest absolute Gasteiger partial charge is 0.334 e. The van der Waals surface area contributed by atoms with E-state index in [1.165, 1.54) is 10.7 Å². The average Bonchev–Trinajstić information content (AvgIpc) is 3.08. The van der Waals surface area contributed by atoms with Crippen molar-refractivity contribution in [3.8, 4) is 5.82 Å². The van der Waals surface area contributed by atoms with E-state index in [0.29, 0.717) is 11.0 Å². The van der Waals surface area contributed by atoms with Gasteiger partial charge in [-0.2, -0.15) is 4.68 Å². The molecular weight excluding hydrogens is 360 g/mol. The summed E-state index contributed by atoms with van der Waals surface area (Å²) in [7, 11) is 0. The van der Waals surface area contributed by atoms with E-state index in [4.69, 9.17) is 0 Å². The molecule has 27 heavy (non-hydrogen) atoms. The van der Waals surface area contributed by atoms with E-state index in [2.05, 4.69) is 25.6 Å². The van der Waals surface area contributed by atoms with Gasteiger partial charge in [-0.25, -0.2) is 18.7 Å². The predicted molar refractivity (Wildman–Crippen MR) is 90.8 cm³/mol. The second kappa shape index (κ2) is 6.37. The van der Waals surface area contributed by atoms with E-state index in [1.54, 1.807) is 24.3 Å². The Bertz CT molecular complexity index is 1180. The van der Waals surface area contributed by atoms with E-state index in [-0.39, 0.29) is 17.3 Å². The van der Waals surface area contributed by atoms with Crippen LogP contribution in [0.5, 0.6) is 0 Å². The third kappa shape index (κ3) is 2.90. The van der Waals surface area contributed by atoms with Crippen molar-refractivity contribution in [1.82, 2.24) is 25.0 Å². The summed E-state index contributed by atoms with van der Waals surface area (Å²) >= 11 is 0. The number of hydrogen-bond acceptors (Lipinski definition) is 7. The summed E-state index contributed by atoms with van der Waals surface area (Å²) in [6.45, 7) is 0. The highest BCUT2D eigenvalue weighted by Gasteiger charge is 2.26. The van der Waals surface area contributed by atoms with E-state index in [1.807, 2.05) is 0 Å². The molecule has 0 aliphatic heterocycles. The quantitative estimate of drug-likeness (QED) is 0.434. The number of hydrogen-bond donors (Lipinski definition) is 1. The molecule has 11 heteroatoms. The minimum absolute atomic E-state index is 0.0881. The first-order chi connectivity index (χ1) is 13.0. The van der Waals surface area contributed by atoms with Crippen LogP contribution in [0.1, 0.15) is 0 Å². The zero-order valence-corrected chi connectivity index (χ0v) is 13.4. The number of halogens is 2. The molecule has 0 bridgehead atoms. The number of nitrogens with zero attached hydrogens (tertiary/aromatic N) is 6. The number of benzene rings is 2. The van der Waals surface area contributed by atoms with Gasteiger partial charge in [0.05, 0.1) is 10.4 Å². The molecule has 0 spiro atoms. The van der Waals surface area contributed by atoms with Gasteiger partial charge in [-0.1, -0.05) is 17.3 Å². The number of para-hydroxylation sites is 1. The van der Waals surface area contributed by atoms with Gasteiger partial charge in [0.1, 0.15) is 11.8 Å². The molecule has 0 unspecified atom stereocenters. The minimum atomic E-state index is -1.10. The van der Waals surface area contributed by atoms with Crippen molar-refractivity contribution in [3.05, 3.63) is 70.5 Å². The van der Waals surface area contributed by atoms with Crippen LogP contribution in [0.15, 0.2) is 48.8 Å². The molecule has 2 aromatic heterocycles. The fraction of sp³-hybridized carbons (Fsp3) is 0. The third-order valence-electron chi connectivity index (χ3n) is 3.72. The molecule has 1 N–H and O–H groups in total. The Hall–Kier alpha value is -4.02. The number of nitrogens with one attached hydrogen (secondary N) is 1. The van der Waals surface area contributed by atoms with Crippen LogP contribution in [0.3, 0.4) is 0 Å². The zero-order valence-electron chi connectivity index (χ0n) is 13.4. The first kappa shape index (κ1) is 16.4. The van der Waals surface area contributed by atoms with Gasteiger partial charge in [0.2, 0.25) is 11.6 Å². The molecule has 0 aliphatic carbocycles. The molecular formula is C16H9F2N7O2. The molecule has 2 heterocycles. The summed E-state index contributed by atoms with van der Waals surface area (Å²) in [5, 5.41) is 22.2. The largest absolute Gasteiger partial charge is 0.356 e. The van der Waals surface area contributed by atoms with Crippen molar-refractivity contribution in [3.63, 3.8) is 0 Å². The maximum Gasteiger partial charge on any atom is 0.356 e. The Balaban J connectivity index is 1.85. The summed E-state index contributed by atoms with van der Waals surface area (Å²) in [5.74, 6) is -2.45. The molecule has 0 radical (unpaired) electrons. The predicted octanol–water partition coefficient (Wildman–Crippen LogP) is 3.14. The van der Waals surface area contributed by atoms with Crippen LogP contribution >= 0.6 is 0 Å². The lowest BCUT2D eigenvalue weighted by Gasteiger charge is -2.09. The van der Waals surface area contributed by atoms with Crippen LogP contribution in [0, 0.1) is 21.7 Å². The van der Waals surface area contributed by atoms with E-state index >= 15 is 0 Å². The molecule has 0 saturated heterocycles. The van der Waals surface area contributed by atoms with Gasteiger partial charge in [-0.05, 0) is 24.3 Å². The summed E-state index contributed by atoms with van der Waals surface area (Å²) < 4.78 is 27.7. The summed E-state index contributed by atoms with van der Waals surface area (Å²) in [5.41, 5.74) is 0.640. The second-order valence-corrected chi connectivity index (χ2v) is 5.40. The molecule has 0 fully saturated rings. The highest BCUT2D eigenvalue weighted by atomic mass is 19.2. The Morgan fingerprint density at radius 2 is 1.89 bits per heavy atom. The molecule has 0 amide bonds. The second-order valence-electron chi connectivity index (χ2n) is 5.40. The van der Waals surface area contributed by atoms with Gasteiger partial charge < -0.3 is 5.32 Å². The Kier molecular flexibility index (Phi) is 3.88. The lowest BCUT2D eigenvalue weighted by Crippen LogP contribution is -2.09. The first-order valence-electron chi connectivity index (χ1n) is 7.57. The summed E-state index contributed by atoms with van der Waals surface area (Å²) in [6.07, 6.45) is 1.10. The van der Waals surface area contributed by atoms with Crippen LogP contribution in [-0.4, -0.2) is 29.9 Å². The molecule has 0 aliphatic rings. The lowest BCUT2D eigenvalue weighted by atomic mass is 10.3. The van der Waals surface area contributed by atoms with Gasteiger partial charge in [-0.15, -0.1) is 5.10 Å². The van der Waals surface area contributed by atoms with Crippen LogP contribution in [0.25, 0.3) is 16.9 Å². The number of anilines is 2. The average molecular weight is 369 g/mol. The molecule has 2 aromatic carbocycles. The van der Waals surface area contributed by atoms with Crippen molar-refractivity contribution < 1.29 is 13.7 Å². The van der Waals surface area contributed by atoms with Crippen LogP contribution < -0.4 is 5.32 Å². The third-order valence-corrected chi connectivity index (χ3v) is 3.72. The van der Waals surface area contributed by atoms with Gasteiger partial charge >= 0.3 is 5.69 Å². The SMILES string of the molecule is O=[N+]([O-])c1c(Nc2ccc(F)c(F)c2)ncnc1-n1nnc2ccccc21. The number of rotatable bonds is 4. The maximum atomic E-state index is 13.4. The fourth-order valence-corrected chi connectivity index (χ4v) is 2.52. The summed E-state index contributed by atoms with van der Waals surface area (Å²) in [4.78, 5) is 18.8. The first-order valence-corrected chi connectivity index (χ1v) is 7.57. The fourth-order valence-electron chi connectivity index (χ4n) is 2.52. The summed E-state index contributed by atoms with van der Waals surface area (Å²) in [6, 6.07) is 9.87. The van der Waals surface area contributed by atoms with Crippen LogP contribution in [-0.2, 0) is 0 Å². The molecule has 134 valence electrons. The molecule has 0 atom stereocenters. The van der Waals surface area contributed by atoms with Crippen molar-refractivity contribution in [2.75, 3.05) is 5.32 Å². The normalized spacial score (nSPS) is 10.9. The Morgan fingerprint density at radius 3 is 2.67 bits per heavy atom. The Labute approximate surface area is 149 Å².